The molecule has 0 spiro atoms. The molecule has 3 nitrogen and oxygen atoms in total. The number of nitrogens with zero attached hydrogens (tertiary/aromatic N) is 1. The van der Waals surface area contributed by atoms with Crippen LogP contribution in [0, 0.1) is 6.92 Å². The lowest BCUT2D eigenvalue weighted by atomic mass is 9.91. The molecular formula is C20H15BrN2O. The van der Waals surface area contributed by atoms with Gasteiger partial charge in [0.1, 0.15) is 5.69 Å². The summed E-state index contributed by atoms with van der Waals surface area (Å²) in [6, 6.07) is 14.7. The number of aromatic nitrogens is 2. The van der Waals surface area contributed by atoms with Gasteiger partial charge in [0, 0.05) is 26.5 Å². The molecule has 2 aromatic heterocycles. The van der Waals surface area contributed by atoms with Crippen molar-refractivity contribution in [3.8, 4) is 22.7 Å². The molecule has 0 bridgehead atoms. The number of benzene rings is 2. The second-order valence-electron chi connectivity index (χ2n) is 6.32. The summed E-state index contributed by atoms with van der Waals surface area (Å²) in [4.78, 5) is 3.58. The number of aryl methyl sites for hydroxylation is 2. The summed E-state index contributed by atoms with van der Waals surface area (Å²) < 4.78 is 6.80. The fourth-order valence-electron chi connectivity index (χ4n) is 3.70. The Kier molecular flexibility index (Phi) is 2.98. The largest absolute Gasteiger partial charge is 0.355 e. The Balaban J connectivity index is 1.72. The minimum Gasteiger partial charge on any atom is -0.355 e. The fraction of sp³-hybridized carbons (Fsp3) is 0.150. The van der Waals surface area contributed by atoms with E-state index < -0.39 is 0 Å². The highest BCUT2D eigenvalue weighted by Crippen LogP contribution is 2.41. The van der Waals surface area contributed by atoms with Crippen LogP contribution in [0.5, 0.6) is 0 Å². The Morgan fingerprint density at radius 2 is 1.83 bits per heavy atom. The van der Waals surface area contributed by atoms with Crippen molar-refractivity contribution >= 4 is 26.8 Å². The summed E-state index contributed by atoms with van der Waals surface area (Å²) in [6.07, 6.45) is 1.97. The molecule has 4 heteroatoms. The number of rotatable bonds is 1. The van der Waals surface area contributed by atoms with E-state index in [4.69, 9.17) is 4.52 Å². The first kappa shape index (κ1) is 14.1. The first-order valence-electron chi connectivity index (χ1n) is 8.07. The second-order valence-corrected chi connectivity index (χ2v) is 7.24. The summed E-state index contributed by atoms with van der Waals surface area (Å²) in [5.74, 6) is 0.888. The van der Waals surface area contributed by atoms with Crippen LogP contribution in [0.3, 0.4) is 0 Å². The molecule has 0 aliphatic heterocycles. The molecule has 0 atom stereocenters. The van der Waals surface area contributed by atoms with E-state index in [9.17, 15) is 0 Å². The van der Waals surface area contributed by atoms with E-state index in [1.54, 1.807) is 0 Å². The maximum absolute atomic E-state index is 5.74. The Bertz CT molecular complexity index is 1070. The number of nitrogens with one attached hydrogen (secondary N) is 1. The third-order valence-electron chi connectivity index (χ3n) is 4.91. The van der Waals surface area contributed by atoms with Gasteiger partial charge in [0.15, 0.2) is 5.76 Å². The van der Waals surface area contributed by atoms with E-state index in [-0.39, 0.29) is 0 Å². The zero-order chi connectivity index (χ0) is 16.3. The molecule has 1 aliphatic rings. The zero-order valence-electron chi connectivity index (χ0n) is 13.2. The van der Waals surface area contributed by atoms with Crippen LogP contribution in [0.4, 0.5) is 0 Å². The number of halogens is 1. The van der Waals surface area contributed by atoms with Crippen molar-refractivity contribution in [1.82, 2.24) is 10.1 Å². The fourth-order valence-corrected chi connectivity index (χ4v) is 3.96. The average Bonchev–Trinajstić information content (AvgIpc) is 3.17. The highest BCUT2D eigenvalue weighted by atomic mass is 79.9. The topological polar surface area (TPSA) is 41.8 Å². The molecule has 5 rings (SSSR count). The van der Waals surface area contributed by atoms with Gasteiger partial charge in [-0.3, -0.25) is 0 Å². The summed E-state index contributed by atoms with van der Waals surface area (Å²) >= 11 is 3.48. The summed E-state index contributed by atoms with van der Waals surface area (Å²) in [7, 11) is 0. The van der Waals surface area contributed by atoms with E-state index in [2.05, 4.69) is 63.3 Å². The van der Waals surface area contributed by atoms with Crippen molar-refractivity contribution in [1.29, 1.82) is 0 Å². The van der Waals surface area contributed by atoms with Crippen LogP contribution in [0.15, 0.2) is 51.5 Å². The van der Waals surface area contributed by atoms with E-state index in [1.165, 1.54) is 27.6 Å². The lowest BCUT2D eigenvalue weighted by Crippen LogP contribution is -2.02. The van der Waals surface area contributed by atoms with Crippen molar-refractivity contribution in [2.45, 2.75) is 19.8 Å². The van der Waals surface area contributed by atoms with Gasteiger partial charge < -0.3 is 9.51 Å². The molecule has 0 fully saturated rings. The number of hydrogen-bond donors (Lipinski definition) is 1. The number of para-hydroxylation sites is 1. The van der Waals surface area contributed by atoms with Gasteiger partial charge >= 0.3 is 0 Å². The number of fused-ring (bicyclic) bond motifs is 5. The second kappa shape index (κ2) is 5.08. The van der Waals surface area contributed by atoms with Gasteiger partial charge in [-0.1, -0.05) is 51.4 Å². The van der Waals surface area contributed by atoms with Crippen LogP contribution >= 0.6 is 15.9 Å². The van der Waals surface area contributed by atoms with Crippen LogP contribution in [0.25, 0.3) is 33.6 Å². The van der Waals surface area contributed by atoms with Crippen LogP contribution in [0.2, 0.25) is 0 Å². The summed E-state index contributed by atoms with van der Waals surface area (Å²) in [6.45, 7) is 2.14. The molecule has 1 N–H and O–H groups in total. The van der Waals surface area contributed by atoms with Crippen molar-refractivity contribution in [3.05, 3.63) is 63.6 Å². The monoisotopic (exact) mass is 378 g/mol. The smallest absolute Gasteiger partial charge is 0.170 e. The van der Waals surface area contributed by atoms with E-state index in [0.717, 1.165) is 40.0 Å². The molecule has 24 heavy (non-hydrogen) atoms. The predicted molar refractivity (Wildman–Crippen MR) is 99.1 cm³/mol. The zero-order valence-corrected chi connectivity index (χ0v) is 14.8. The third-order valence-corrected chi connectivity index (χ3v) is 5.43. The third kappa shape index (κ3) is 1.93. The molecule has 0 amide bonds. The SMILES string of the molecule is Cc1cccc2c3c([nH]c12)-c1noc(-c2ccc(Br)cc2)c1CC3. The van der Waals surface area contributed by atoms with Crippen molar-refractivity contribution in [3.63, 3.8) is 0 Å². The highest BCUT2D eigenvalue weighted by Gasteiger charge is 2.27. The standard InChI is InChI=1S/C20H15BrN2O/c1-11-3-2-4-14-15-9-10-16-19(18(15)22-17(11)14)23-24-20(16)12-5-7-13(21)8-6-12/h2-8,22H,9-10H2,1H3. The molecule has 2 aromatic carbocycles. The van der Waals surface area contributed by atoms with E-state index in [0.29, 0.717) is 0 Å². The maximum atomic E-state index is 5.74. The van der Waals surface area contributed by atoms with E-state index in [1.807, 2.05) is 12.1 Å². The normalized spacial score (nSPS) is 13.1. The molecule has 0 saturated heterocycles. The quantitative estimate of drug-likeness (QED) is 0.464. The summed E-state index contributed by atoms with van der Waals surface area (Å²) in [5.41, 5.74) is 8.19. The number of H-pyrrole nitrogens is 1. The van der Waals surface area contributed by atoms with Gasteiger partial charge in [-0.2, -0.15) is 0 Å². The molecular weight excluding hydrogens is 364 g/mol. The number of aromatic amines is 1. The van der Waals surface area contributed by atoms with Crippen LogP contribution in [-0.4, -0.2) is 10.1 Å². The van der Waals surface area contributed by atoms with Gasteiger partial charge in [-0.05, 0) is 43.0 Å². The van der Waals surface area contributed by atoms with Gasteiger partial charge in [0.05, 0.1) is 5.69 Å². The molecule has 118 valence electrons. The lowest BCUT2D eigenvalue weighted by molar-refractivity contribution is 0.434. The minimum atomic E-state index is 0.888. The predicted octanol–water partition coefficient (Wildman–Crippen LogP) is 5.66. The van der Waals surface area contributed by atoms with Crippen LogP contribution in [-0.2, 0) is 12.8 Å². The maximum Gasteiger partial charge on any atom is 0.170 e. The van der Waals surface area contributed by atoms with Gasteiger partial charge in [0.25, 0.3) is 0 Å². The van der Waals surface area contributed by atoms with Crippen LogP contribution < -0.4 is 0 Å². The van der Waals surface area contributed by atoms with Gasteiger partial charge in [-0.25, -0.2) is 0 Å². The van der Waals surface area contributed by atoms with E-state index >= 15 is 0 Å². The molecule has 0 saturated carbocycles. The molecule has 1 aliphatic carbocycles. The lowest BCUT2D eigenvalue weighted by Gasteiger charge is -2.11. The highest BCUT2D eigenvalue weighted by molar-refractivity contribution is 9.10. The molecule has 0 unspecified atom stereocenters. The Hall–Kier alpha value is -2.33. The molecule has 2 heterocycles. The number of hydrogen-bond acceptors (Lipinski definition) is 2. The first-order valence-corrected chi connectivity index (χ1v) is 8.86. The van der Waals surface area contributed by atoms with Crippen molar-refractivity contribution < 1.29 is 4.52 Å². The Labute approximate surface area is 147 Å². The molecule has 0 radical (unpaired) electrons. The van der Waals surface area contributed by atoms with Crippen molar-refractivity contribution in [2.24, 2.45) is 0 Å². The first-order chi connectivity index (χ1) is 11.7. The van der Waals surface area contributed by atoms with Gasteiger partial charge in [-0.15, -0.1) is 0 Å². The molecule has 4 aromatic rings. The average molecular weight is 379 g/mol. The Morgan fingerprint density at radius 1 is 1.04 bits per heavy atom. The summed E-state index contributed by atoms with van der Waals surface area (Å²) in [5, 5.41) is 5.71. The van der Waals surface area contributed by atoms with Gasteiger partial charge in [0.2, 0.25) is 0 Å². The van der Waals surface area contributed by atoms with Crippen LogP contribution in [0.1, 0.15) is 16.7 Å². The van der Waals surface area contributed by atoms with Crippen molar-refractivity contribution in [2.75, 3.05) is 0 Å². The minimum absolute atomic E-state index is 0.888. The Morgan fingerprint density at radius 3 is 2.67 bits per heavy atom.